The summed E-state index contributed by atoms with van der Waals surface area (Å²) in [7, 11) is 2.12. The lowest BCUT2D eigenvalue weighted by Gasteiger charge is -2.34. The van der Waals surface area contributed by atoms with Crippen LogP contribution >= 0.6 is 0 Å². The average molecular weight is 257 g/mol. The number of nitrogens with one attached hydrogen (secondary N) is 1. The number of hydrogen-bond acceptors (Lipinski definition) is 5. The van der Waals surface area contributed by atoms with Gasteiger partial charge in [-0.1, -0.05) is 0 Å². The molecule has 2 aliphatic heterocycles. The van der Waals surface area contributed by atoms with Crippen LogP contribution in [-0.4, -0.2) is 86.6 Å². The maximum Gasteiger partial charge on any atom is 0.0793 e. The number of likely N-dealkylation sites (N-methyl/N-ethyl adjacent to an activating group) is 1. The number of aliphatic hydroxyl groups is 1. The van der Waals surface area contributed by atoms with Crippen LogP contribution in [0.25, 0.3) is 0 Å². The van der Waals surface area contributed by atoms with E-state index in [4.69, 9.17) is 4.74 Å². The summed E-state index contributed by atoms with van der Waals surface area (Å²) in [4.78, 5) is 4.65. The number of piperazine rings is 1. The summed E-state index contributed by atoms with van der Waals surface area (Å²) in [5.74, 6) is 0. The Balaban J connectivity index is 1.67. The average Bonchev–Trinajstić information content (AvgIpc) is 2.40. The van der Waals surface area contributed by atoms with E-state index in [1.165, 1.54) is 0 Å². The number of hydrogen-bond donors (Lipinski definition) is 2. The molecule has 0 amide bonds. The quantitative estimate of drug-likeness (QED) is 0.686. The first-order valence-corrected chi connectivity index (χ1v) is 7.15. The van der Waals surface area contributed by atoms with E-state index in [0.717, 1.165) is 65.3 Å². The van der Waals surface area contributed by atoms with Crippen molar-refractivity contribution in [3.05, 3.63) is 0 Å². The molecule has 18 heavy (non-hydrogen) atoms. The molecule has 2 rings (SSSR count). The Morgan fingerprint density at radius 3 is 2.67 bits per heavy atom. The molecule has 2 N–H and O–H groups in total. The molecule has 0 aromatic carbocycles. The van der Waals surface area contributed by atoms with E-state index in [9.17, 15) is 5.11 Å². The number of aliphatic hydroxyl groups excluding tert-OH is 1. The minimum absolute atomic E-state index is 0.240. The van der Waals surface area contributed by atoms with Crippen molar-refractivity contribution in [3.8, 4) is 0 Å². The first-order chi connectivity index (χ1) is 8.75. The fourth-order valence-electron chi connectivity index (χ4n) is 2.86. The lowest BCUT2D eigenvalue weighted by atomic mass is 10.1. The predicted molar refractivity (Wildman–Crippen MR) is 71.8 cm³/mol. The molecule has 5 nitrogen and oxygen atoms in total. The third kappa shape index (κ3) is 4.48. The minimum atomic E-state index is -0.240. The van der Waals surface area contributed by atoms with Gasteiger partial charge in [-0.15, -0.1) is 0 Å². The molecule has 2 fully saturated rings. The molecule has 0 radical (unpaired) electrons. The molecule has 0 spiro atoms. The minimum Gasteiger partial charge on any atom is -0.390 e. The normalized spacial score (nSPS) is 25.5. The van der Waals surface area contributed by atoms with Gasteiger partial charge >= 0.3 is 0 Å². The van der Waals surface area contributed by atoms with Gasteiger partial charge in [0.2, 0.25) is 0 Å². The second kappa shape index (κ2) is 7.40. The van der Waals surface area contributed by atoms with Crippen LogP contribution in [0.3, 0.4) is 0 Å². The molecular formula is C13H27N3O2. The monoisotopic (exact) mass is 257 g/mol. The number of β-amino-alcohol motifs (C(OH)–C–C–N with tert-alkyl or cyclic N) is 1. The van der Waals surface area contributed by atoms with Gasteiger partial charge in [0.25, 0.3) is 0 Å². The molecule has 0 bridgehead atoms. The van der Waals surface area contributed by atoms with E-state index in [0.29, 0.717) is 6.04 Å². The number of ether oxygens (including phenoxy) is 1. The fraction of sp³-hybridized carbons (Fsp3) is 1.00. The van der Waals surface area contributed by atoms with Gasteiger partial charge in [-0.05, 0) is 19.9 Å². The van der Waals surface area contributed by atoms with Gasteiger partial charge < -0.3 is 20.1 Å². The molecule has 0 aromatic heterocycles. The van der Waals surface area contributed by atoms with E-state index in [2.05, 4.69) is 22.2 Å². The van der Waals surface area contributed by atoms with Crippen molar-refractivity contribution >= 4 is 0 Å². The lowest BCUT2D eigenvalue weighted by molar-refractivity contribution is 0.0172. The maximum absolute atomic E-state index is 10.2. The summed E-state index contributed by atoms with van der Waals surface area (Å²) < 4.78 is 5.37. The Hall–Kier alpha value is -0.200. The van der Waals surface area contributed by atoms with E-state index in [1.807, 2.05) is 0 Å². The zero-order chi connectivity index (χ0) is 12.8. The van der Waals surface area contributed by atoms with Crippen molar-refractivity contribution in [1.29, 1.82) is 0 Å². The Morgan fingerprint density at radius 1 is 1.33 bits per heavy atom. The molecule has 0 aliphatic carbocycles. The van der Waals surface area contributed by atoms with Crippen LogP contribution in [0, 0.1) is 0 Å². The van der Waals surface area contributed by atoms with Crippen LogP contribution < -0.4 is 5.32 Å². The van der Waals surface area contributed by atoms with E-state index in [1.54, 1.807) is 0 Å². The van der Waals surface area contributed by atoms with Crippen LogP contribution in [0.5, 0.6) is 0 Å². The van der Waals surface area contributed by atoms with Crippen LogP contribution in [0.2, 0.25) is 0 Å². The highest BCUT2D eigenvalue weighted by Crippen LogP contribution is 2.13. The van der Waals surface area contributed by atoms with Gasteiger partial charge in [0.1, 0.15) is 0 Å². The molecular weight excluding hydrogens is 230 g/mol. The highest BCUT2D eigenvalue weighted by Gasteiger charge is 2.21. The van der Waals surface area contributed by atoms with Crippen molar-refractivity contribution in [1.82, 2.24) is 15.1 Å². The SMILES string of the molecule is CN(CC(O)CN1CCNCC1)C1CCOCC1. The molecule has 2 heterocycles. The zero-order valence-electron chi connectivity index (χ0n) is 11.5. The highest BCUT2D eigenvalue weighted by molar-refractivity contribution is 4.77. The Bertz CT molecular complexity index is 228. The Labute approximate surface area is 110 Å². The summed E-state index contributed by atoms with van der Waals surface area (Å²) in [6.07, 6.45) is 1.95. The van der Waals surface area contributed by atoms with Crippen LogP contribution in [0.1, 0.15) is 12.8 Å². The summed E-state index contributed by atoms with van der Waals surface area (Å²) in [5.41, 5.74) is 0. The van der Waals surface area contributed by atoms with Crippen molar-refractivity contribution in [2.45, 2.75) is 25.0 Å². The van der Waals surface area contributed by atoms with Gasteiger partial charge in [0.15, 0.2) is 0 Å². The van der Waals surface area contributed by atoms with E-state index >= 15 is 0 Å². The first-order valence-electron chi connectivity index (χ1n) is 7.15. The summed E-state index contributed by atoms with van der Waals surface area (Å²) in [5, 5.41) is 13.5. The molecule has 1 atom stereocenters. The van der Waals surface area contributed by atoms with Crippen LogP contribution in [-0.2, 0) is 4.74 Å². The molecule has 1 unspecified atom stereocenters. The summed E-state index contributed by atoms with van der Waals surface area (Å²) in [6, 6.07) is 0.580. The lowest BCUT2D eigenvalue weighted by Crippen LogP contribution is -2.49. The van der Waals surface area contributed by atoms with Gasteiger partial charge in [-0.2, -0.15) is 0 Å². The molecule has 0 saturated carbocycles. The highest BCUT2D eigenvalue weighted by atomic mass is 16.5. The van der Waals surface area contributed by atoms with Gasteiger partial charge in [0, 0.05) is 58.5 Å². The summed E-state index contributed by atoms with van der Waals surface area (Å²) >= 11 is 0. The molecule has 106 valence electrons. The predicted octanol–water partition coefficient (Wildman–Crippen LogP) is -0.637. The molecule has 2 saturated heterocycles. The summed E-state index contributed by atoms with van der Waals surface area (Å²) in [6.45, 7) is 7.50. The second-order valence-electron chi connectivity index (χ2n) is 5.49. The number of rotatable bonds is 5. The Kier molecular flexibility index (Phi) is 5.85. The fourth-order valence-corrected chi connectivity index (χ4v) is 2.86. The smallest absolute Gasteiger partial charge is 0.0793 e. The van der Waals surface area contributed by atoms with Crippen molar-refractivity contribution in [3.63, 3.8) is 0 Å². The van der Waals surface area contributed by atoms with Crippen molar-refractivity contribution in [2.75, 3.05) is 59.5 Å². The zero-order valence-corrected chi connectivity index (χ0v) is 11.5. The van der Waals surface area contributed by atoms with Gasteiger partial charge in [-0.3, -0.25) is 4.90 Å². The van der Waals surface area contributed by atoms with E-state index < -0.39 is 0 Å². The molecule has 0 aromatic rings. The maximum atomic E-state index is 10.2. The van der Waals surface area contributed by atoms with Crippen LogP contribution in [0.4, 0.5) is 0 Å². The standard InChI is InChI=1S/C13H27N3O2/c1-15(12-2-8-18-9-3-12)10-13(17)11-16-6-4-14-5-7-16/h12-14,17H,2-11H2,1H3. The third-order valence-electron chi connectivity index (χ3n) is 3.99. The molecule has 2 aliphatic rings. The van der Waals surface area contributed by atoms with Crippen molar-refractivity contribution < 1.29 is 9.84 Å². The Morgan fingerprint density at radius 2 is 2.00 bits per heavy atom. The third-order valence-corrected chi connectivity index (χ3v) is 3.99. The van der Waals surface area contributed by atoms with Crippen LogP contribution in [0.15, 0.2) is 0 Å². The second-order valence-corrected chi connectivity index (χ2v) is 5.49. The molecule has 5 heteroatoms. The van der Waals surface area contributed by atoms with E-state index in [-0.39, 0.29) is 6.10 Å². The largest absolute Gasteiger partial charge is 0.390 e. The first kappa shape index (κ1) is 14.2. The topological polar surface area (TPSA) is 48.0 Å². The van der Waals surface area contributed by atoms with Crippen molar-refractivity contribution in [2.24, 2.45) is 0 Å². The van der Waals surface area contributed by atoms with Gasteiger partial charge in [-0.25, -0.2) is 0 Å². The number of nitrogens with zero attached hydrogens (tertiary/aromatic N) is 2. The van der Waals surface area contributed by atoms with Gasteiger partial charge in [0.05, 0.1) is 6.10 Å².